The maximum Gasteiger partial charge on any atom is 0.367 e. The van der Waals surface area contributed by atoms with Crippen molar-refractivity contribution >= 4 is 5.82 Å². The number of nitro groups is 1. The fourth-order valence-corrected chi connectivity index (χ4v) is 1.18. The Bertz CT molecular complexity index is 396. The third kappa shape index (κ3) is 2.24. The van der Waals surface area contributed by atoms with E-state index in [0.717, 1.165) is 6.07 Å². The van der Waals surface area contributed by atoms with Crippen LogP contribution in [0.5, 0.6) is 0 Å². The minimum atomic E-state index is -2.77. The molecule has 1 heterocycles. The van der Waals surface area contributed by atoms with E-state index in [-0.39, 0.29) is 17.8 Å². The van der Waals surface area contributed by atoms with Gasteiger partial charge in [0.2, 0.25) is 0 Å². The summed E-state index contributed by atoms with van der Waals surface area (Å²) in [6.07, 6.45) is -2.77. The molecule has 0 aromatic carbocycles. The van der Waals surface area contributed by atoms with E-state index >= 15 is 0 Å². The number of halogens is 2. The molecule has 1 aromatic heterocycles. The van der Waals surface area contributed by atoms with E-state index in [0.29, 0.717) is 0 Å². The number of nitrogens with zero attached hydrogens (tertiary/aromatic N) is 2. The minimum Gasteiger partial charge on any atom is -0.358 e. The molecule has 0 aliphatic carbocycles. The van der Waals surface area contributed by atoms with Gasteiger partial charge in [0.1, 0.15) is 0 Å². The summed E-state index contributed by atoms with van der Waals surface area (Å²) in [7, 11) is 0. The highest BCUT2D eigenvalue weighted by Gasteiger charge is 2.23. The highest BCUT2D eigenvalue weighted by molar-refractivity contribution is 5.40. The van der Waals surface area contributed by atoms with Crippen LogP contribution in [-0.2, 0) is 6.54 Å². The largest absolute Gasteiger partial charge is 0.367 e. The molecule has 15 heavy (non-hydrogen) atoms. The third-order valence-electron chi connectivity index (χ3n) is 1.96. The molecule has 2 N–H and O–H groups in total. The standard InChI is InChI=1S/C8H9F2N3O2/c1-4-6(7(9)10)2-5(3-11)12-8(4)13(14)15/h2,7H,3,11H2,1H3. The Kier molecular flexibility index (Phi) is 3.25. The highest BCUT2D eigenvalue weighted by Crippen LogP contribution is 2.28. The molecule has 0 atom stereocenters. The molecule has 0 radical (unpaired) electrons. The van der Waals surface area contributed by atoms with Gasteiger partial charge in [0.25, 0.3) is 6.43 Å². The quantitative estimate of drug-likeness (QED) is 0.617. The fourth-order valence-electron chi connectivity index (χ4n) is 1.18. The van der Waals surface area contributed by atoms with Crippen LogP contribution >= 0.6 is 0 Å². The Morgan fingerprint density at radius 3 is 2.67 bits per heavy atom. The lowest BCUT2D eigenvalue weighted by molar-refractivity contribution is -0.390. The molecule has 7 heteroatoms. The summed E-state index contributed by atoms with van der Waals surface area (Å²) in [6, 6.07) is 1.09. The molecule has 0 saturated heterocycles. The molecule has 0 amide bonds. The van der Waals surface area contributed by atoms with Gasteiger partial charge in [-0.1, -0.05) is 0 Å². The molecule has 0 bridgehead atoms. The van der Waals surface area contributed by atoms with Crippen LogP contribution in [0.1, 0.15) is 23.2 Å². The van der Waals surface area contributed by atoms with E-state index in [2.05, 4.69) is 4.98 Å². The first-order chi connectivity index (χ1) is 6.97. The molecule has 1 rings (SSSR count). The lowest BCUT2D eigenvalue weighted by atomic mass is 10.1. The smallest absolute Gasteiger partial charge is 0.358 e. The summed E-state index contributed by atoms with van der Waals surface area (Å²) in [5.41, 5.74) is 4.78. The summed E-state index contributed by atoms with van der Waals surface area (Å²) in [6.45, 7) is 1.13. The van der Waals surface area contributed by atoms with Crippen molar-refractivity contribution in [2.45, 2.75) is 19.9 Å². The summed E-state index contributed by atoms with van der Waals surface area (Å²) in [5, 5.41) is 10.5. The van der Waals surface area contributed by atoms with Crippen LogP contribution in [0, 0.1) is 17.0 Å². The van der Waals surface area contributed by atoms with Crippen LogP contribution in [0.25, 0.3) is 0 Å². The lowest BCUT2D eigenvalue weighted by Gasteiger charge is -2.05. The van der Waals surface area contributed by atoms with E-state index in [1.807, 2.05) is 0 Å². The van der Waals surface area contributed by atoms with E-state index in [9.17, 15) is 18.9 Å². The molecular formula is C8H9F2N3O2. The molecule has 0 aliphatic rings. The van der Waals surface area contributed by atoms with Crippen LogP contribution in [0.4, 0.5) is 14.6 Å². The Morgan fingerprint density at radius 2 is 2.27 bits per heavy atom. The van der Waals surface area contributed by atoms with Crippen molar-refractivity contribution in [3.8, 4) is 0 Å². The molecule has 82 valence electrons. The Morgan fingerprint density at radius 1 is 1.67 bits per heavy atom. The van der Waals surface area contributed by atoms with Crippen molar-refractivity contribution in [1.29, 1.82) is 0 Å². The van der Waals surface area contributed by atoms with Crippen LogP contribution < -0.4 is 5.73 Å². The van der Waals surface area contributed by atoms with Crippen molar-refractivity contribution in [3.63, 3.8) is 0 Å². The summed E-state index contributed by atoms with van der Waals surface area (Å²) in [5.74, 6) is -0.562. The molecule has 1 aromatic rings. The zero-order valence-electron chi connectivity index (χ0n) is 7.91. The van der Waals surface area contributed by atoms with Gasteiger partial charge in [-0.3, -0.25) is 0 Å². The molecular weight excluding hydrogens is 208 g/mol. The predicted molar refractivity (Wildman–Crippen MR) is 48.5 cm³/mol. The van der Waals surface area contributed by atoms with Crippen molar-refractivity contribution < 1.29 is 13.7 Å². The van der Waals surface area contributed by atoms with Crippen LogP contribution in [-0.4, -0.2) is 9.91 Å². The van der Waals surface area contributed by atoms with Crippen LogP contribution in [0.15, 0.2) is 6.07 Å². The van der Waals surface area contributed by atoms with Gasteiger partial charge in [-0.2, -0.15) is 0 Å². The van der Waals surface area contributed by atoms with E-state index in [1.54, 1.807) is 0 Å². The maximum atomic E-state index is 12.5. The van der Waals surface area contributed by atoms with Gasteiger partial charge in [0.15, 0.2) is 5.69 Å². The first-order valence-electron chi connectivity index (χ1n) is 4.10. The van der Waals surface area contributed by atoms with Crippen LogP contribution in [0.3, 0.4) is 0 Å². The number of rotatable bonds is 3. The average molecular weight is 217 g/mol. The molecule has 5 nitrogen and oxygen atoms in total. The Hall–Kier alpha value is -1.63. The second kappa shape index (κ2) is 4.26. The van der Waals surface area contributed by atoms with Gasteiger partial charge < -0.3 is 15.8 Å². The van der Waals surface area contributed by atoms with Gasteiger partial charge in [-0.15, -0.1) is 0 Å². The number of alkyl halides is 2. The zero-order valence-corrected chi connectivity index (χ0v) is 7.91. The van der Waals surface area contributed by atoms with E-state index < -0.39 is 22.7 Å². The zero-order chi connectivity index (χ0) is 11.6. The average Bonchev–Trinajstić information content (AvgIpc) is 2.17. The molecule has 0 unspecified atom stereocenters. The molecule has 0 fully saturated rings. The van der Waals surface area contributed by atoms with Crippen molar-refractivity contribution in [3.05, 3.63) is 33.0 Å². The number of pyridine rings is 1. The molecule has 0 spiro atoms. The van der Waals surface area contributed by atoms with Crippen LogP contribution in [0.2, 0.25) is 0 Å². The lowest BCUT2D eigenvalue weighted by Crippen LogP contribution is -2.07. The van der Waals surface area contributed by atoms with Crippen molar-refractivity contribution in [2.24, 2.45) is 5.73 Å². The first kappa shape index (κ1) is 11.4. The van der Waals surface area contributed by atoms with Crippen molar-refractivity contribution in [2.75, 3.05) is 0 Å². The topological polar surface area (TPSA) is 82.0 Å². The molecule has 0 aliphatic heterocycles. The molecule has 0 saturated carbocycles. The normalized spacial score (nSPS) is 10.7. The number of hydrogen-bond donors (Lipinski definition) is 1. The SMILES string of the molecule is Cc1c(C(F)F)cc(CN)nc1[N+](=O)[O-]. The third-order valence-corrected chi connectivity index (χ3v) is 1.96. The van der Waals surface area contributed by atoms with Gasteiger partial charge >= 0.3 is 5.82 Å². The van der Waals surface area contributed by atoms with Crippen molar-refractivity contribution in [1.82, 2.24) is 4.98 Å². The fraction of sp³-hybridized carbons (Fsp3) is 0.375. The number of nitrogens with two attached hydrogens (primary N) is 1. The first-order valence-corrected chi connectivity index (χ1v) is 4.10. The highest BCUT2D eigenvalue weighted by atomic mass is 19.3. The summed E-state index contributed by atoms with van der Waals surface area (Å²) >= 11 is 0. The van der Waals surface area contributed by atoms with Gasteiger partial charge in [-0.25, -0.2) is 8.78 Å². The summed E-state index contributed by atoms with van der Waals surface area (Å²) < 4.78 is 25.0. The monoisotopic (exact) mass is 217 g/mol. The summed E-state index contributed by atoms with van der Waals surface area (Å²) in [4.78, 5) is 13.3. The van der Waals surface area contributed by atoms with E-state index in [1.165, 1.54) is 6.92 Å². The van der Waals surface area contributed by atoms with Gasteiger partial charge in [0.05, 0.1) is 12.1 Å². The second-order valence-corrected chi connectivity index (χ2v) is 2.91. The predicted octanol–water partition coefficient (Wildman–Crippen LogP) is 1.69. The van der Waals surface area contributed by atoms with Gasteiger partial charge in [-0.05, 0) is 22.9 Å². The number of aromatic nitrogens is 1. The number of hydrogen-bond acceptors (Lipinski definition) is 4. The Labute approximate surface area is 84.1 Å². The second-order valence-electron chi connectivity index (χ2n) is 2.91. The maximum absolute atomic E-state index is 12.5. The van der Waals surface area contributed by atoms with E-state index in [4.69, 9.17) is 5.73 Å². The Balaban J connectivity index is 3.40. The minimum absolute atomic E-state index is 0.0857. The van der Waals surface area contributed by atoms with Gasteiger partial charge in [0, 0.05) is 5.56 Å².